The second-order valence-electron chi connectivity index (χ2n) is 2.62. The van der Waals surface area contributed by atoms with Gasteiger partial charge < -0.3 is 0 Å². The molecule has 0 radical (unpaired) electrons. The molecule has 1 aromatic heterocycles. The molecule has 0 fully saturated rings. The summed E-state index contributed by atoms with van der Waals surface area (Å²) in [6.45, 7) is 0. The maximum Gasteiger partial charge on any atom is 0.245 e. The van der Waals surface area contributed by atoms with Crippen LogP contribution >= 0.6 is 11.6 Å². The molecule has 70 valence electrons. The van der Waals surface area contributed by atoms with Gasteiger partial charge in [0.1, 0.15) is 6.33 Å². The highest BCUT2D eigenvalue weighted by Crippen LogP contribution is 2.08. The van der Waals surface area contributed by atoms with Crippen LogP contribution in [0.4, 0.5) is 5.95 Å². The smallest absolute Gasteiger partial charge is 0.244 e. The fourth-order valence-electron chi connectivity index (χ4n) is 0.946. The van der Waals surface area contributed by atoms with Gasteiger partial charge in [0.25, 0.3) is 0 Å². The minimum absolute atomic E-state index is 0.486. The van der Waals surface area contributed by atoms with Crippen LogP contribution < -0.4 is 0 Å². The van der Waals surface area contributed by atoms with Crippen LogP contribution in [0.25, 0.3) is 0 Å². The van der Waals surface area contributed by atoms with Crippen LogP contribution in [0.2, 0.25) is 5.02 Å². The topological polar surface area (TPSA) is 53.9 Å². The number of nitrogens with zero attached hydrogens (tertiary/aromatic N) is 3. The monoisotopic (exact) mass is 206 g/mol. The average molecular weight is 207 g/mol. The van der Waals surface area contributed by atoms with Crippen molar-refractivity contribution < 1.29 is 0 Å². The molecule has 2 rings (SSSR count). The number of H-pyrrole nitrogens is 1. The molecule has 0 amide bonds. The Morgan fingerprint density at radius 3 is 2.71 bits per heavy atom. The van der Waals surface area contributed by atoms with Crippen molar-refractivity contribution in [3.05, 3.63) is 41.2 Å². The van der Waals surface area contributed by atoms with Crippen molar-refractivity contribution in [1.29, 1.82) is 0 Å². The summed E-state index contributed by atoms with van der Waals surface area (Å²) < 4.78 is 0. The number of rotatable bonds is 2. The van der Waals surface area contributed by atoms with Gasteiger partial charge in [-0.05, 0) is 17.7 Å². The number of hydrogen-bond acceptors (Lipinski definition) is 3. The van der Waals surface area contributed by atoms with E-state index in [0.717, 1.165) is 5.56 Å². The van der Waals surface area contributed by atoms with Crippen molar-refractivity contribution in [3.63, 3.8) is 0 Å². The summed E-state index contributed by atoms with van der Waals surface area (Å²) in [7, 11) is 0. The summed E-state index contributed by atoms with van der Waals surface area (Å²) in [5.74, 6) is 0.486. The van der Waals surface area contributed by atoms with E-state index in [9.17, 15) is 0 Å². The molecule has 0 atom stereocenters. The van der Waals surface area contributed by atoms with Crippen LogP contribution in [0.1, 0.15) is 5.56 Å². The lowest BCUT2D eigenvalue weighted by atomic mass is 10.2. The number of aromatic amines is 1. The fraction of sp³-hybridized carbons (Fsp3) is 0. The van der Waals surface area contributed by atoms with Gasteiger partial charge in [-0.25, -0.2) is 10.1 Å². The summed E-state index contributed by atoms with van der Waals surface area (Å²) in [5.41, 5.74) is 0.964. The first-order valence-electron chi connectivity index (χ1n) is 3.99. The SMILES string of the molecule is Clc1ccc(/C=N\c2ncn[nH]2)cc1. The Morgan fingerprint density at radius 1 is 1.29 bits per heavy atom. The van der Waals surface area contributed by atoms with E-state index in [0.29, 0.717) is 11.0 Å². The highest BCUT2D eigenvalue weighted by molar-refractivity contribution is 6.30. The largest absolute Gasteiger partial charge is 0.245 e. The maximum absolute atomic E-state index is 5.74. The number of aliphatic imine (C=N–C) groups is 1. The van der Waals surface area contributed by atoms with Crippen molar-refractivity contribution in [3.8, 4) is 0 Å². The van der Waals surface area contributed by atoms with Gasteiger partial charge in [0.05, 0.1) is 0 Å². The highest BCUT2D eigenvalue weighted by Gasteiger charge is 1.90. The van der Waals surface area contributed by atoms with Crippen LogP contribution in [0.15, 0.2) is 35.6 Å². The second kappa shape index (κ2) is 4.02. The molecular formula is C9H7ClN4. The molecule has 0 aliphatic heterocycles. The van der Waals surface area contributed by atoms with E-state index < -0.39 is 0 Å². The van der Waals surface area contributed by atoms with E-state index in [-0.39, 0.29) is 0 Å². The first-order chi connectivity index (χ1) is 6.84. The zero-order valence-corrected chi connectivity index (χ0v) is 7.94. The van der Waals surface area contributed by atoms with Crippen LogP contribution in [-0.2, 0) is 0 Å². The maximum atomic E-state index is 5.74. The Hall–Kier alpha value is -1.68. The van der Waals surface area contributed by atoms with Gasteiger partial charge in [-0.3, -0.25) is 0 Å². The van der Waals surface area contributed by atoms with Crippen molar-refractivity contribution in [2.75, 3.05) is 0 Å². The van der Waals surface area contributed by atoms with Crippen LogP contribution in [0.3, 0.4) is 0 Å². The van der Waals surface area contributed by atoms with Gasteiger partial charge in [-0.1, -0.05) is 23.7 Å². The third kappa shape index (κ3) is 2.17. The molecule has 0 aliphatic carbocycles. The quantitative estimate of drug-likeness (QED) is 0.766. The zero-order chi connectivity index (χ0) is 9.80. The van der Waals surface area contributed by atoms with Gasteiger partial charge in [-0.2, -0.15) is 10.1 Å². The van der Waals surface area contributed by atoms with E-state index in [1.165, 1.54) is 6.33 Å². The Balaban J connectivity index is 2.15. The molecule has 4 nitrogen and oxygen atoms in total. The molecule has 1 aromatic carbocycles. The van der Waals surface area contributed by atoms with Crippen molar-refractivity contribution >= 4 is 23.8 Å². The predicted octanol–water partition coefficient (Wildman–Crippen LogP) is 2.21. The Labute approximate surface area is 85.7 Å². The Kier molecular flexibility index (Phi) is 2.55. The van der Waals surface area contributed by atoms with Crippen LogP contribution in [0, 0.1) is 0 Å². The second-order valence-corrected chi connectivity index (χ2v) is 3.06. The number of hydrogen-bond donors (Lipinski definition) is 1. The molecule has 14 heavy (non-hydrogen) atoms. The molecule has 0 saturated carbocycles. The molecule has 5 heteroatoms. The Morgan fingerprint density at radius 2 is 2.07 bits per heavy atom. The lowest BCUT2D eigenvalue weighted by Crippen LogP contribution is -1.79. The summed E-state index contributed by atoms with van der Waals surface area (Å²) >= 11 is 5.74. The van der Waals surface area contributed by atoms with E-state index in [4.69, 9.17) is 11.6 Å². The molecule has 0 aliphatic rings. The minimum atomic E-state index is 0.486. The van der Waals surface area contributed by atoms with Gasteiger partial charge >= 0.3 is 0 Å². The summed E-state index contributed by atoms with van der Waals surface area (Å²) in [6.07, 6.45) is 3.10. The lowest BCUT2D eigenvalue weighted by Gasteiger charge is -1.91. The predicted molar refractivity (Wildman–Crippen MR) is 55.1 cm³/mol. The molecule has 0 bridgehead atoms. The van der Waals surface area contributed by atoms with Crippen molar-refractivity contribution in [2.24, 2.45) is 4.99 Å². The van der Waals surface area contributed by atoms with Gasteiger partial charge in [-0.15, -0.1) is 0 Å². The summed E-state index contributed by atoms with van der Waals surface area (Å²) in [6, 6.07) is 7.37. The van der Waals surface area contributed by atoms with Gasteiger partial charge in [0.2, 0.25) is 5.95 Å². The molecule has 0 unspecified atom stereocenters. The highest BCUT2D eigenvalue weighted by atomic mass is 35.5. The first-order valence-corrected chi connectivity index (χ1v) is 4.37. The van der Waals surface area contributed by atoms with Crippen molar-refractivity contribution in [1.82, 2.24) is 15.2 Å². The molecular weight excluding hydrogens is 200 g/mol. The molecule has 1 heterocycles. The van der Waals surface area contributed by atoms with E-state index >= 15 is 0 Å². The lowest BCUT2D eigenvalue weighted by molar-refractivity contribution is 1.08. The number of halogens is 1. The summed E-state index contributed by atoms with van der Waals surface area (Å²) in [5, 5.41) is 7.02. The first kappa shape index (κ1) is 8.90. The van der Waals surface area contributed by atoms with E-state index in [2.05, 4.69) is 20.2 Å². The van der Waals surface area contributed by atoms with Crippen LogP contribution in [-0.4, -0.2) is 21.4 Å². The number of benzene rings is 1. The average Bonchev–Trinajstić information content (AvgIpc) is 2.70. The molecule has 0 saturated heterocycles. The summed E-state index contributed by atoms with van der Waals surface area (Å²) in [4.78, 5) is 7.93. The van der Waals surface area contributed by atoms with Gasteiger partial charge in [0.15, 0.2) is 0 Å². The minimum Gasteiger partial charge on any atom is -0.244 e. The third-order valence-corrected chi connectivity index (χ3v) is 1.86. The normalized spacial score (nSPS) is 10.9. The Bertz CT molecular complexity index is 419. The van der Waals surface area contributed by atoms with Gasteiger partial charge in [0, 0.05) is 11.2 Å². The number of aromatic nitrogens is 3. The van der Waals surface area contributed by atoms with E-state index in [1.807, 2.05) is 24.3 Å². The van der Waals surface area contributed by atoms with Crippen molar-refractivity contribution in [2.45, 2.75) is 0 Å². The molecule has 1 N–H and O–H groups in total. The third-order valence-electron chi connectivity index (χ3n) is 1.61. The standard InChI is InChI=1S/C9H7ClN4/c10-8-3-1-7(2-4-8)5-11-9-12-6-13-14-9/h1-6H,(H,12,13,14)/b11-5-. The zero-order valence-electron chi connectivity index (χ0n) is 7.18. The fourth-order valence-corrected chi connectivity index (χ4v) is 1.07. The molecule has 2 aromatic rings. The van der Waals surface area contributed by atoms with Crippen LogP contribution in [0.5, 0.6) is 0 Å². The molecule has 0 spiro atoms. The van der Waals surface area contributed by atoms with E-state index in [1.54, 1.807) is 6.21 Å². The number of nitrogens with one attached hydrogen (secondary N) is 1.